The largest absolute Gasteiger partial charge is 0.321 e. The van der Waals surface area contributed by atoms with E-state index in [1.807, 2.05) is 67.6 Å². The SMILES string of the molecule is Cc1ccccc1NC(=O)/C(C#N)=C/c1cc(Cl)ccc1Cc1ccccc1Br. The lowest BCUT2D eigenvalue weighted by atomic mass is 9.98. The lowest BCUT2D eigenvalue weighted by Crippen LogP contribution is -2.14. The van der Waals surface area contributed by atoms with Crippen molar-refractivity contribution in [3.63, 3.8) is 0 Å². The maximum absolute atomic E-state index is 12.7. The topological polar surface area (TPSA) is 52.9 Å². The average molecular weight is 466 g/mol. The molecule has 29 heavy (non-hydrogen) atoms. The van der Waals surface area contributed by atoms with Crippen LogP contribution in [0.1, 0.15) is 22.3 Å². The first-order chi connectivity index (χ1) is 14.0. The fourth-order valence-corrected chi connectivity index (χ4v) is 3.52. The highest BCUT2D eigenvalue weighted by molar-refractivity contribution is 9.10. The van der Waals surface area contributed by atoms with Gasteiger partial charge in [-0.3, -0.25) is 4.79 Å². The molecule has 0 fully saturated rings. The molecule has 0 radical (unpaired) electrons. The van der Waals surface area contributed by atoms with E-state index in [9.17, 15) is 10.1 Å². The number of nitriles is 1. The number of aryl methyl sites for hydroxylation is 1. The molecule has 1 amide bonds. The molecule has 3 aromatic carbocycles. The summed E-state index contributed by atoms with van der Waals surface area (Å²) in [5, 5.41) is 12.9. The monoisotopic (exact) mass is 464 g/mol. The summed E-state index contributed by atoms with van der Waals surface area (Å²) >= 11 is 9.75. The van der Waals surface area contributed by atoms with E-state index >= 15 is 0 Å². The smallest absolute Gasteiger partial charge is 0.266 e. The molecular formula is C24H18BrClN2O. The van der Waals surface area contributed by atoms with Crippen LogP contribution >= 0.6 is 27.5 Å². The number of carbonyl (C=O) groups excluding carboxylic acids is 1. The molecule has 0 unspecified atom stereocenters. The maximum atomic E-state index is 12.7. The van der Waals surface area contributed by atoms with E-state index < -0.39 is 5.91 Å². The standard InChI is InChI=1S/C24H18BrClN2O/c1-16-6-2-5-9-23(16)28-24(29)20(15-27)13-19-14-21(26)11-10-17(19)12-18-7-3-4-8-22(18)25/h2-11,13-14H,12H2,1H3,(H,28,29)/b20-13+. The Hall–Kier alpha value is -2.87. The highest BCUT2D eigenvalue weighted by Gasteiger charge is 2.13. The molecule has 5 heteroatoms. The second-order valence-corrected chi connectivity index (χ2v) is 7.84. The van der Waals surface area contributed by atoms with E-state index in [0.29, 0.717) is 17.1 Å². The average Bonchev–Trinajstić information content (AvgIpc) is 2.71. The second kappa shape index (κ2) is 9.56. The van der Waals surface area contributed by atoms with Crippen molar-refractivity contribution >= 4 is 45.2 Å². The van der Waals surface area contributed by atoms with E-state index in [1.165, 1.54) is 0 Å². The summed E-state index contributed by atoms with van der Waals surface area (Å²) in [6.45, 7) is 1.90. The molecule has 0 heterocycles. The van der Waals surface area contributed by atoms with Crippen LogP contribution in [0.3, 0.4) is 0 Å². The Bertz CT molecular complexity index is 1130. The number of hydrogen-bond donors (Lipinski definition) is 1. The Kier molecular flexibility index (Phi) is 6.87. The quantitative estimate of drug-likeness (QED) is 0.343. The van der Waals surface area contributed by atoms with Crippen LogP contribution in [0.15, 0.2) is 76.8 Å². The van der Waals surface area contributed by atoms with Crippen LogP contribution < -0.4 is 5.32 Å². The lowest BCUT2D eigenvalue weighted by molar-refractivity contribution is -0.112. The number of para-hydroxylation sites is 1. The summed E-state index contributed by atoms with van der Waals surface area (Å²) in [6.07, 6.45) is 2.23. The molecule has 0 aliphatic carbocycles. The molecule has 0 aromatic heterocycles. The third kappa shape index (κ3) is 5.35. The highest BCUT2D eigenvalue weighted by Crippen LogP contribution is 2.25. The Morgan fingerprint density at radius 1 is 1.10 bits per heavy atom. The van der Waals surface area contributed by atoms with Gasteiger partial charge < -0.3 is 5.32 Å². The number of hydrogen-bond acceptors (Lipinski definition) is 2. The molecule has 3 nitrogen and oxygen atoms in total. The molecule has 1 N–H and O–H groups in total. The van der Waals surface area contributed by atoms with Crippen LogP contribution in [0, 0.1) is 18.3 Å². The molecule has 0 saturated heterocycles. The second-order valence-electron chi connectivity index (χ2n) is 6.55. The van der Waals surface area contributed by atoms with Crippen molar-refractivity contribution in [3.8, 4) is 6.07 Å². The van der Waals surface area contributed by atoms with Gasteiger partial charge in [0.15, 0.2) is 0 Å². The summed E-state index contributed by atoms with van der Waals surface area (Å²) < 4.78 is 1.00. The van der Waals surface area contributed by atoms with E-state index in [2.05, 4.69) is 21.2 Å². The van der Waals surface area contributed by atoms with Gasteiger partial charge in [-0.1, -0.05) is 70.0 Å². The Morgan fingerprint density at radius 3 is 2.55 bits per heavy atom. The highest BCUT2D eigenvalue weighted by atomic mass is 79.9. The molecule has 144 valence electrons. The molecular weight excluding hydrogens is 448 g/mol. The molecule has 0 saturated carbocycles. The van der Waals surface area contributed by atoms with Crippen molar-refractivity contribution in [2.45, 2.75) is 13.3 Å². The van der Waals surface area contributed by atoms with Crippen molar-refractivity contribution in [2.75, 3.05) is 5.32 Å². The maximum Gasteiger partial charge on any atom is 0.266 e. The predicted molar refractivity (Wildman–Crippen MR) is 122 cm³/mol. The Morgan fingerprint density at radius 2 is 1.83 bits per heavy atom. The zero-order chi connectivity index (χ0) is 20.8. The number of nitrogens with one attached hydrogen (secondary N) is 1. The minimum absolute atomic E-state index is 0.0175. The Balaban J connectivity index is 1.94. The van der Waals surface area contributed by atoms with Crippen molar-refractivity contribution in [1.29, 1.82) is 5.26 Å². The van der Waals surface area contributed by atoms with Gasteiger partial charge in [0.2, 0.25) is 0 Å². The zero-order valence-corrected chi connectivity index (χ0v) is 18.1. The molecule has 0 aliphatic rings. The fraction of sp³-hybridized carbons (Fsp3) is 0.0833. The van der Waals surface area contributed by atoms with Crippen LogP contribution in [-0.2, 0) is 11.2 Å². The summed E-state index contributed by atoms with van der Waals surface area (Å²) in [7, 11) is 0. The summed E-state index contributed by atoms with van der Waals surface area (Å²) in [4.78, 5) is 12.7. The number of nitrogens with zero attached hydrogens (tertiary/aromatic N) is 1. The lowest BCUT2D eigenvalue weighted by Gasteiger charge is -2.10. The van der Waals surface area contributed by atoms with Crippen LogP contribution in [0.4, 0.5) is 5.69 Å². The minimum atomic E-state index is -0.450. The van der Waals surface area contributed by atoms with Crippen LogP contribution in [-0.4, -0.2) is 5.91 Å². The number of amides is 1. The molecule has 3 aromatic rings. The van der Waals surface area contributed by atoms with Crippen molar-refractivity contribution in [3.05, 3.63) is 104 Å². The van der Waals surface area contributed by atoms with Gasteiger partial charge >= 0.3 is 0 Å². The third-order valence-electron chi connectivity index (χ3n) is 4.50. The molecule has 0 bridgehead atoms. The summed E-state index contributed by atoms with van der Waals surface area (Å²) in [6, 6.07) is 22.9. The minimum Gasteiger partial charge on any atom is -0.321 e. The van der Waals surface area contributed by atoms with Gasteiger partial charge in [-0.15, -0.1) is 0 Å². The number of halogens is 2. The first kappa shape index (κ1) is 20.9. The van der Waals surface area contributed by atoms with E-state index in [4.69, 9.17) is 11.6 Å². The summed E-state index contributed by atoms with van der Waals surface area (Å²) in [5.41, 5.74) is 4.44. The van der Waals surface area contributed by atoms with Gasteiger partial charge in [-0.25, -0.2) is 0 Å². The van der Waals surface area contributed by atoms with Gasteiger partial charge in [-0.05, 0) is 65.9 Å². The first-order valence-electron chi connectivity index (χ1n) is 8.98. The first-order valence-corrected chi connectivity index (χ1v) is 10.2. The van der Waals surface area contributed by atoms with E-state index in [1.54, 1.807) is 18.2 Å². The van der Waals surface area contributed by atoms with Gasteiger partial charge in [0.1, 0.15) is 11.6 Å². The van der Waals surface area contributed by atoms with Gasteiger partial charge in [0, 0.05) is 15.2 Å². The van der Waals surface area contributed by atoms with Crippen LogP contribution in [0.2, 0.25) is 5.02 Å². The zero-order valence-electron chi connectivity index (χ0n) is 15.7. The van der Waals surface area contributed by atoms with E-state index in [0.717, 1.165) is 26.7 Å². The van der Waals surface area contributed by atoms with Crippen molar-refractivity contribution in [2.24, 2.45) is 0 Å². The van der Waals surface area contributed by atoms with Gasteiger partial charge in [-0.2, -0.15) is 5.26 Å². The van der Waals surface area contributed by atoms with Crippen LogP contribution in [0.25, 0.3) is 6.08 Å². The van der Waals surface area contributed by atoms with E-state index in [-0.39, 0.29) is 5.57 Å². The third-order valence-corrected chi connectivity index (χ3v) is 5.51. The summed E-state index contributed by atoms with van der Waals surface area (Å²) in [5.74, 6) is -0.450. The molecule has 0 aliphatic heterocycles. The normalized spacial score (nSPS) is 11.0. The molecule has 3 rings (SSSR count). The Labute approximate surface area is 183 Å². The number of benzene rings is 3. The van der Waals surface area contributed by atoms with Crippen molar-refractivity contribution in [1.82, 2.24) is 0 Å². The fourth-order valence-electron chi connectivity index (χ4n) is 2.91. The van der Waals surface area contributed by atoms with Crippen molar-refractivity contribution < 1.29 is 4.79 Å². The molecule has 0 atom stereocenters. The van der Waals surface area contributed by atoms with Gasteiger partial charge in [0.05, 0.1) is 0 Å². The molecule has 0 spiro atoms. The number of carbonyl (C=O) groups is 1. The number of rotatable bonds is 5. The van der Waals surface area contributed by atoms with Crippen LogP contribution in [0.5, 0.6) is 0 Å². The van der Waals surface area contributed by atoms with Gasteiger partial charge in [0.25, 0.3) is 5.91 Å². The number of anilines is 1. The predicted octanol–water partition coefficient (Wildman–Crippen LogP) is 6.55.